The number of ether oxygens (including phenoxy) is 2. The van der Waals surface area contributed by atoms with Crippen molar-refractivity contribution in [2.45, 2.75) is 19.6 Å². The lowest BCUT2D eigenvalue weighted by Crippen LogP contribution is -2.37. The lowest BCUT2D eigenvalue weighted by atomic mass is 10.0. The predicted octanol–water partition coefficient (Wildman–Crippen LogP) is 1.39. The fourth-order valence-electron chi connectivity index (χ4n) is 1.72. The number of carboxylic acid groups (broad SMARTS) is 1. The first kappa shape index (κ1) is 12.4. The maximum atomic E-state index is 12.0. The van der Waals surface area contributed by atoms with Crippen molar-refractivity contribution >= 4 is 11.9 Å². The first-order chi connectivity index (χ1) is 8.58. The molecule has 1 atom stereocenters. The molecule has 1 aliphatic rings. The summed E-state index contributed by atoms with van der Waals surface area (Å²) < 4.78 is 10.4. The van der Waals surface area contributed by atoms with Crippen LogP contribution >= 0.6 is 0 Å². The Morgan fingerprint density at radius 1 is 1.44 bits per heavy atom. The van der Waals surface area contributed by atoms with Crippen LogP contribution in [0.4, 0.5) is 4.79 Å². The van der Waals surface area contributed by atoms with Crippen molar-refractivity contribution in [1.29, 1.82) is 0 Å². The third kappa shape index (κ3) is 2.60. The monoisotopic (exact) mass is 251 g/mol. The molecule has 0 bridgehead atoms. The summed E-state index contributed by atoms with van der Waals surface area (Å²) in [4.78, 5) is 22.4. The molecule has 18 heavy (non-hydrogen) atoms. The Labute approximate surface area is 104 Å². The van der Waals surface area contributed by atoms with Gasteiger partial charge in [-0.2, -0.15) is 0 Å². The van der Waals surface area contributed by atoms with E-state index in [1.165, 1.54) is 6.92 Å². The van der Waals surface area contributed by atoms with Crippen molar-refractivity contribution in [3.05, 3.63) is 29.3 Å². The zero-order valence-corrected chi connectivity index (χ0v) is 9.80. The Bertz CT molecular complexity index is 485. The van der Waals surface area contributed by atoms with Crippen molar-refractivity contribution < 1.29 is 24.2 Å². The number of hydrogen-bond acceptors (Lipinski definition) is 4. The van der Waals surface area contributed by atoms with Crippen LogP contribution in [-0.4, -0.2) is 29.8 Å². The van der Waals surface area contributed by atoms with Crippen LogP contribution in [0.5, 0.6) is 5.75 Å². The van der Waals surface area contributed by atoms with Gasteiger partial charge in [-0.15, -0.1) is 0 Å². The normalized spacial score (nSPS) is 15.2. The summed E-state index contributed by atoms with van der Waals surface area (Å²) in [7, 11) is 0. The highest BCUT2D eigenvalue weighted by atomic mass is 16.7. The molecule has 0 aliphatic carbocycles. The largest absolute Gasteiger partial charge is 0.467 e. The highest BCUT2D eigenvalue weighted by Crippen LogP contribution is 2.25. The van der Waals surface area contributed by atoms with E-state index in [4.69, 9.17) is 14.6 Å². The summed E-state index contributed by atoms with van der Waals surface area (Å²) in [6, 6.07) is 4.20. The van der Waals surface area contributed by atoms with Crippen LogP contribution in [0.2, 0.25) is 0 Å². The first-order valence-electron chi connectivity index (χ1n) is 5.45. The smallest absolute Gasteiger partial charge is 0.405 e. The van der Waals surface area contributed by atoms with Crippen LogP contribution < -0.4 is 10.1 Å². The zero-order chi connectivity index (χ0) is 13.1. The Hall–Kier alpha value is -2.08. The summed E-state index contributed by atoms with van der Waals surface area (Å²) in [5.74, 6) is 0.310. The van der Waals surface area contributed by atoms with Crippen LogP contribution in [0.3, 0.4) is 0 Å². The van der Waals surface area contributed by atoms with E-state index in [1.54, 1.807) is 18.2 Å². The molecular weight excluding hydrogens is 238 g/mol. The average Bonchev–Trinajstić information content (AvgIpc) is 2.36. The Balaban J connectivity index is 2.18. The molecule has 1 aromatic rings. The third-order valence-electron chi connectivity index (χ3n) is 2.64. The third-order valence-corrected chi connectivity index (χ3v) is 2.64. The van der Waals surface area contributed by atoms with Crippen molar-refractivity contribution in [1.82, 2.24) is 5.32 Å². The van der Waals surface area contributed by atoms with E-state index in [2.05, 4.69) is 5.32 Å². The van der Waals surface area contributed by atoms with Gasteiger partial charge in [-0.05, 0) is 13.0 Å². The fourth-order valence-corrected chi connectivity index (χ4v) is 1.72. The van der Waals surface area contributed by atoms with E-state index < -0.39 is 12.1 Å². The molecule has 0 spiro atoms. The number of carbonyl (C=O) groups excluding carboxylic acids is 1. The molecule has 0 aromatic heterocycles. The zero-order valence-electron chi connectivity index (χ0n) is 9.80. The maximum Gasteiger partial charge on any atom is 0.405 e. The van der Waals surface area contributed by atoms with Crippen molar-refractivity contribution in [2.75, 3.05) is 6.79 Å². The lowest BCUT2D eigenvalue weighted by Gasteiger charge is -2.18. The van der Waals surface area contributed by atoms with Gasteiger partial charge in [-0.3, -0.25) is 4.79 Å². The molecule has 1 heterocycles. The number of Topliss-reactive ketones (excluding diaryl/α,β-unsaturated/α-hetero) is 1. The molecule has 1 aromatic carbocycles. The molecule has 2 rings (SSSR count). The maximum absolute atomic E-state index is 12.0. The number of hydrogen-bond donors (Lipinski definition) is 2. The highest BCUT2D eigenvalue weighted by molar-refractivity contribution is 6.01. The van der Waals surface area contributed by atoms with Crippen molar-refractivity contribution in [3.8, 4) is 5.75 Å². The Morgan fingerprint density at radius 3 is 2.94 bits per heavy atom. The Morgan fingerprint density at radius 2 is 2.22 bits per heavy atom. The van der Waals surface area contributed by atoms with Gasteiger partial charge in [-0.25, -0.2) is 4.79 Å². The minimum Gasteiger partial charge on any atom is -0.467 e. The molecule has 1 aliphatic heterocycles. The molecular formula is C12H13NO5. The molecule has 0 radical (unpaired) electrons. The summed E-state index contributed by atoms with van der Waals surface area (Å²) in [6.45, 7) is 2.11. The summed E-state index contributed by atoms with van der Waals surface area (Å²) in [6.07, 6.45) is -1.22. The van der Waals surface area contributed by atoms with E-state index in [1.807, 2.05) is 0 Å². The summed E-state index contributed by atoms with van der Waals surface area (Å²) in [5.41, 5.74) is 1.29. The molecule has 2 N–H and O–H groups in total. The second-order valence-electron chi connectivity index (χ2n) is 3.97. The standard InChI is InChI=1S/C12H13NO5/c1-7(13-12(15)16)11(14)8-2-3-9-5-17-6-18-10(9)4-8/h2-4,7,13H,5-6H2,1H3,(H,15,16). The molecule has 96 valence electrons. The average molecular weight is 251 g/mol. The first-order valence-corrected chi connectivity index (χ1v) is 5.45. The van der Waals surface area contributed by atoms with Gasteiger partial charge in [0.15, 0.2) is 12.6 Å². The second-order valence-corrected chi connectivity index (χ2v) is 3.97. The molecule has 6 heteroatoms. The van der Waals surface area contributed by atoms with Crippen LogP contribution in [0.15, 0.2) is 18.2 Å². The molecule has 0 saturated heterocycles. The number of benzene rings is 1. The number of nitrogens with one attached hydrogen (secondary N) is 1. The number of ketones is 1. The minimum atomic E-state index is -1.22. The molecule has 1 unspecified atom stereocenters. The minimum absolute atomic E-state index is 0.160. The van der Waals surface area contributed by atoms with Crippen LogP contribution in [0, 0.1) is 0 Å². The summed E-state index contributed by atoms with van der Waals surface area (Å²) in [5, 5.41) is 10.7. The number of carbonyl (C=O) groups is 2. The SMILES string of the molecule is CC(NC(=O)O)C(=O)c1ccc2c(c1)OCOC2. The van der Waals surface area contributed by atoms with Crippen LogP contribution in [-0.2, 0) is 11.3 Å². The van der Waals surface area contributed by atoms with Gasteiger partial charge in [0.25, 0.3) is 0 Å². The second kappa shape index (κ2) is 5.05. The van der Waals surface area contributed by atoms with Gasteiger partial charge in [0.05, 0.1) is 12.6 Å². The van der Waals surface area contributed by atoms with E-state index in [0.29, 0.717) is 17.9 Å². The van der Waals surface area contributed by atoms with Crippen molar-refractivity contribution in [3.63, 3.8) is 0 Å². The molecule has 0 fully saturated rings. The number of rotatable bonds is 3. The fraction of sp³-hybridized carbons (Fsp3) is 0.333. The summed E-state index contributed by atoms with van der Waals surface area (Å²) >= 11 is 0. The van der Waals surface area contributed by atoms with Crippen LogP contribution in [0.25, 0.3) is 0 Å². The predicted molar refractivity (Wildman–Crippen MR) is 61.7 cm³/mol. The van der Waals surface area contributed by atoms with Gasteiger partial charge in [-0.1, -0.05) is 12.1 Å². The topological polar surface area (TPSA) is 84.9 Å². The molecule has 6 nitrogen and oxygen atoms in total. The van der Waals surface area contributed by atoms with Crippen molar-refractivity contribution in [2.24, 2.45) is 0 Å². The van der Waals surface area contributed by atoms with E-state index in [9.17, 15) is 9.59 Å². The van der Waals surface area contributed by atoms with Gasteiger partial charge in [0.1, 0.15) is 5.75 Å². The molecule has 1 amide bonds. The van der Waals surface area contributed by atoms with Gasteiger partial charge >= 0.3 is 6.09 Å². The van der Waals surface area contributed by atoms with Gasteiger partial charge in [0.2, 0.25) is 0 Å². The van der Waals surface area contributed by atoms with Crippen LogP contribution in [0.1, 0.15) is 22.8 Å². The highest BCUT2D eigenvalue weighted by Gasteiger charge is 2.19. The number of fused-ring (bicyclic) bond motifs is 1. The molecule has 0 saturated carbocycles. The number of amides is 1. The van der Waals surface area contributed by atoms with Gasteiger partial charge < -0.3 is 19.9 Å². The van der Waals surface area contributed by atoms with E-state index >= 15 is 0 Å². The van der Waals surface area contributed by atoms with Gasteiger partial charge in [0, 0.05) is 11.1 Å². The quantitative estimate of drug-likeness (QED) is 0.793. The Kier molecular flexibility index (Phi) is 3.47. The van der Waals surface area contributed by atoms with E-state index in [0.717, 1.165) is 5.56 Å². The lowest BCUT2D eigenvalue weighted by molar-refractivity contribution is -0.0164. The van der Waals surface area contributed by atoms with E-state index in [-0.39, 0.29) is 12.6 Å².